The first-order valence-electron chi connectivity index (χ1n) is 4.05. The third-order valence-corrected chi connectivity index (χ3v) is 1.81. The Morgan fingerprint density at radius 3 is 2.23 bits per heavy atom. The second-order valence-corrected chi connectivity index (χ2v) is 2.91. The van der Waals surface area contributed by atoms with Crippen LogP contribution in [0.3, 0.4) is 0 Å². The molecular formula is C11H12O2. The van der Waals surface area contributed by atoms with E-state index in [1.807, 2.05) is 13.8 Å². The molecule has 0 saturated heterocycles. The van der Waals surface area contributed by atoms with E-state index < -0.39 is 0 Å². The molecule has 0 saturated carbocycles. The summed E-state index contributed by atoms with van der Waals surface area (Å²) in [5.41, 5.74) is 2.74. The van der Waals surface area contributed by atoms with Gasteiger partial charge in [0.25, 0.3) is 0 Å². The molecule has 2 heteroatoms. The quantitative estimate of drug-likeness (QED) is 0.586. The van der Waals surface area contributed by atoms with Crippen LogP contribution >= 0.6 is 0 Å². The molecule has 68 valence electrons. The first-order valence-corrected chi connectivity index (χ1v) is 4.05. The van der Waals surface area contributed by atoms with E-state index in [1.54, 1.807) is 12.1 Å². The third-order valence-electron chi connectivity index (χ3n) is 1.81. The molecule has 0 unspecified atom stereocenters. The summed E-state index contributed by atoms with van der Waals surface area (Å²) in [6.07, 6.45) is 0. The van der Waals surface area contributed by atoms with Gasteiger partial charge in [-0.2, -0.15) is 0 Å². The monoisotopic (exact) mass is 176 g/mol. The molecule has 0 aliphatic carbocycles. The van der Waals surface area contributed by atoms with E-state index in [0.717, 1.165) is 16.7 Å². The van der Waals surface area contributed by atoms with Crippen LogP contribution in [0, 0.1) is 25.7 Å². The summed E-state index contributed by atoms with van der Waals surface area (Å²) >= 11 is 0. The van der Waals surface area contributed by atoms with Gasteiger partial charge in [0.15, 0.2) is 0 Å². The highest BCUT2D eigenvalue weighted by Gasteiger charge is 2.00. The lowest BCUT2D eigenvalue weighted by molar-refractivity contribution is 0.350. The fraction of sp³-hybridized carbons (Fsp3) is 0.273. The normalized spacial score (nSPS) is 9.15. The number of aliphatic hydroxyl groups excluding tert-OH is 1. The molecule has 1 aromatic carbocycles. The maximum Gasteiger partial charge on any atom is 0.116 e. The van der Waals surface area contributed by atoms with Crippen LogP contribution in [-0.4, -0.2) is 16.8 Å². The van der Waals surface area contributed by atoms with Crippen molar-refractivity contribution in [3.63, 3.8) is 0 Å². The Labute approximate surface area is 77.8 Å². The van der Waals surface area contributed by atoms with E-state index >= 15 is 0 Å². The molecule has 0 bridgehead atoms. The van der Waals surface area contributed by atoms with Crippen molar-refractivity contribution in [1.82, 2.24) is 0 Å². The molecule has 1 aromatic rings. The summed E-state index contributed by atoms with van der Waals surface area (Å²) < 4.78 is 0. The summed E-state index contributed by atoms with van der Waals surface area (Å²) in [5, 5.41) is 17.8. The summed E-state index contributed by atoms with van der Waals surface area (Å²) in [6.45, 7) is 3.63. The SMILES string of the molecule is Cc1cc(O)cc(C)c1C#CCO. The zero-order valence-electron chi connectivity index (χ0n) is 7.76. The van der Waals surface area contributed by atoms with E-state index in [0.29, 0.717) is 0 Å². The minimum absolute atomic E-state index is 0.139. The number of benzene rings is 1. The van der Waals surface area contributed by atoms with Gasteiger partial charge in [-0.25, -0.2) is 0 Å². The van der Waals surface area contributed by atoms with Crippen LogP contribution in [0.1, 0.15) is 16.7 Å². The van der Waals surface area contributed by atoms with Gasteiger partial charge in [-0.1, -0.05) is 11.8 Å². The van der Waals surface area contributed by atoms with Crippen LogP contribution in [-0.2, 0) is 0 Å². The number of rotatable bonds is 0. The predicted molar refractivity (Wildman–Crippen MR) is 51.5 cm³/mol. The molecule has 0 heterocycles. The number of aryl methyl sites for hydroxylation is 2. The van der Waals surface area contributed by atoms with E-state index in [9.17, 15) is 5.11 Å². The van der Waals surface area contributed by atoms with Crippen LogP contribution in [0.4, 0.5) is 0 Å². The lowest BCUT2D eigenvalue weighted by Gasteiger charge is -2.03. The highest BCUT2D eigenvalue weighted by Crippen LogP contribution is 2.19. The van der Waals surface area contributed by atoms with Crippen molar-refractivity contribution < 1.29 is 10.2 Å². The maximum absolute atomic E-state index is 9.25. The van der Waals surface area contributed by atoms with Gasteiger partial charge in [0, 0.05) is 5.56 Å². The molecule has 0 aliphatic rings. The Balaban J connectivity index is 3.21. The van der Waals surface area contributed by atoms with Gasteiger partial charge in [0.05, 0.1) is 0 Å². The number of aliphatic hydroxyl groups is 1. The zero-order valence-corrected chi connectivity index (χ0v) is 7.76. The molecule has 0 aromatic heterocycles. The molecule has 2 nitrogen and oxygen atoms in total. The molecule has 0 spiro atoms. The molecule has 1 rings (SSSR count). The molecule has 0 atom stereocenters. The molecular weight excluding hydrogens is 164 g/mol. The summed E-state index contributed by atoms with van der Waals surface area (Å²) in [6, 6.07) is 3.32. The van der Waals surface area contributed by atoms with Crippen molar-refractivity contribution in [3.05, 3.63) is 28.8 Å². The predicted octanol–water partition coefficient (Wildman–Crippen LogP) is 1.35. The highest BCUT2D eigenvalue weighted by atomic mass is 16.3. The standard InChI is InChI=1S/C11H12O2/c1-8-6-10(13)7-9(2)11(8)4-3-5-12/h6-7,12-13H,5H2,1-2H3. The summed E-state index contributed by atoms with van der Waals surface area (Å²) in [7, 11) is 0. The fourth-order valence-corrected chi connectivity index (χ4v) is 1.27. The number of hydrogen-bond acceptors (Lipinski definition) is 2. The molecule has 13 heavy (non-hydrogen) atoms. The van der Waals surface area contributed by atoms with E-state index in [1.165, 1.54) is 0 Å². The fourth-order valence-electron chi connectivity index (χ4n) is 1.27. The minimum Gasteiger partial charge on any atom is -0.508 e. The zero-order chi connectivity index (χ0) is 9.84. The summed E-state index contributed by atoms with van der Waals surface area (Å²) in [4.78, 5) is 0. The van der Waals surface area contributed by atoms with Crippen molar-refractivity contribution in [2.45, 2.75) is 13.8 Å². The molecule has 2 N–H and O–H groups in total. The maximum atomic E-state index is 9.25. The van der Waals surface area contributed by atoms with Crippen molar-refractivity contribution in [3.8, 4) is 17.6 Å². The van der Waals surface area contributed by atoms with Gasteiger partial charge in [0.1, 0.15) is 12.4 Å². The Kier molecular flexibility index (Phi) is 2.94. The van der Waals surface area contributed by atoms with Gasteiger partial charge in [0.2, 0.25) is 0 Å². The molecule has 0 fully saturated rings. The van der Waals surface area contributed by atoms with Crippen molar-refractivity contribution in [2.24, 2.45) is 0 Å². The van der Waals surface area contributed by atoms with Gasteiger partial charge in [-0.3, -0.25) is 0 Å². The van der Waals surface area contributed by atoms with Crippen LogP contribution in [0.15, 0.2) is 12.1 Å². The van der Waals surface area contributed by atoms with Gasteiger partial charge in [-0.05, 0) is 37.1 Å². The first-order chi connectivity index (χ1) is 6.15. The first kappa shape index (κ1) is 9.63. The van der Waals surface area contributed by atoms with Crippen molar-refractivity contribution in [1.29, 1.82) is 0 Å². The number of phenolic OH excluding ortho intramolecular Hbond substituents is 1. The Morgan fingerprint density at radius 2 is 1.77 bits per heavy atom. The summed E-state index contributed by atoms with van der Waals surface area (Å²) in [5.74, 6) is 5.69. The second kappa shape index (κ2) is 3.97. The van der Waals surface area contributed by atoms with Crippen LogP contribution in [0.5, 0.6) is 5.75 Å². The van der Waals surface area contributed by atoms with E-state index in [-0.39, 0.29) is 12.4 Å². The average Bonchev–Trinajstić information content (AvgIpc) is 2.02. The molecule has 0 radical (unpaired) electrons. The smallest absolute Gasteiger partial charge is 0.116 e. The van der Waals surface area contributed by atoms with Crippen LogP contribution in [0.2, 0.25) is 0 Å². The topological polar surface area (TPSA) is 40.5 Å². The Bertz CT molecular complexity index is 346. The van der Waals surface area contributed by atoms with Crippen LogP contribution < -0.4 is 0 Å². The van der Waals surface area contributed by atoms with Gasteiger partial charge >= 0.3 is 0 Å². The third kappa shape index (κ3) is 2.24. The lowest BCUT2D eigenvalue weighted by Crippen LogP contribution is -1.88. The van der Waals surface area contributed by atoms with E-state index in [2.05, 4.69) is 11.8 Å². The minimum atomic E-state index is -0.139. The van der Waals surface area contributed by atoms with E-state index in [4.69, 9.17) is 5.11 Å². The largest absolute Gasteiger partial charge is 0.508 e. The number of hydrogen-bond donors (Lipinski definition) is 2. The van der Waals surface area contributed by atoms with Gasteiger partial charge in [-0.15, -0.1) is 0 Å². The second-order valence-electron chi connectivity index (χ2n) is 2.91. The van der Waals surface area contributed by atoms with Gasteiger partial charge < -0.3 is 10.2 Å². The highest BCUT2D eigenvalue weighted by molar-refractivity contribution is 5.49. The molecule has 0 amide bonds. The van der Waals surface area contributed by atoms with Crippen molar-refractivity contribution in [2.75, 3.05) is 6.61 Å². The number of phenols is 1. The number of aromatic hydroxyl groups is 1. The lowest BCUT2D eigenvalue weighted by atomic mass is 10.0. The Hall–Kier alpha value is -1.46. The van der Waals surface area contributed by atoms with Crippen molar-refractivity contribution >= 4 is 0 Å². The van der Waals surface area contributed by atoms with Crippen LogP contribution in [0.25, 0.3) is 0 Å². The molecule has 0 aliphatic heterocycles. The average molecular weight is 176 g/mol. The Morgan fingerprint density at radius 1 is 1.23 bits per heavy atom.